The average Bonchev–Trinajstić information content (AvgIpc) is 2.40. The van der Waals surface area contributed by atoms with Gasteiger partial charge in [-0.1, -0.05) is 29.8 Å². The molecule has 1 amide bonds. The van der Waals surface area contributed by atoms with E-state index in [2.05, 4.69) is 22.6 Å². The summed E-state index contributed by atoms with van der Waals surface area (Å²) in [5, 5.41) is 0.704. The van der Waals surface area contributed by atoms with Crippen LogP contribution < -0.4 is 0 Å². The van der Waals surface area contributed by atoms with Crippen LogP contribution in [0, 0.1) is 3.57 Å². The minimum atomic E-state index is 0.0217. The number of amides is 1. The van der Waals surface area contributed by atoms with Crippen molar-refractivity contribution < 1.29 is 4.79 Å². The van der Waals surface area contributed by atoms with E-state index in [9.17, 15) is 4.79 Å². The standard InChI is InChI=1S/C15H13ClINO/c1-18(10-11-5-7-13(16)8-6-11)15(19)12-3-2-4-14(17)9-12/h2-9H,10H2,1H3. The molecule has 0 spiro atoms. The fourth-order valence-electron chi connectivity index (χ4n) is 1.78. The van der Waals surface area contributed by atoms with E-state index in [0.29, 0.717) is 17.1 Å². The average molecular weight is 386 g/mol. The second kappa shape index (κ2) is 6.39. The maximum atomic E-state index is 12.3. The van der Waals surface area contributed by atoms with Crippen molar-refractivity contribution in [1.29, 1.82) is 0 Å². The highest BCUT2D eigenvalue weighted by Gasteiger charge is 2.12. The molecule has 0 N–H and O–H groups in total. The molecule has 0 heterocycles. The summed E-state index contributed by atoms with van der Waals surface area (Å²) in [4.78, 5) is 14.0. The lowest BCUT2D eigenvalue weighted by atomic mass is 10.1. The van der Waals surface area contributed by atoms with Gasteiger partial charge in [-0.25, -0.2) is 0 Å². The molecule has 0 radical (unpaired) electrons. The van der Waals surface area contributed by atoms with E-state index in [1.54, 1.807) is 11.9 Å². The predicted molar refractivity (Wildman–Crippen MR) is 86.4 cm³/mol. The summed E-state index contributed by atoms with van der Waals surface area (Å²) in [6, 6.07) is 15.1. The fraction of sp³-hybridized carbons (Fsp3) is 0.133. The minimum Gasteiger partial charge on any atom is -0.337 e. The Kier molecular flexibility index (Phi) is 4.82. The zero-order valence-electron chi connectivity index (χ0n) is 10.4. The van der Waals surface area contributed by atoms with Crippen LogP contribution in [0.5, 0.6) is 0 Å². The van der Waals surface area contributed by atoms with E-state index < -0.39 is 0 Å². The molecule has 2 nitrogen and oxygen atoms in total. The summed E-state index contributed by atoms with van der Waals surface area (Å²) < 4.78 is 1.06. The van der Waals surface area contributed by atoms with Gasteiger partial charge in [-0.3, -0.25) is 4.79 Å². The number of carbonyl (C=O) groups excluding carboxylic acids is 1. The number of carbonyl (C=O) groups is 1. The third-order valence-electron chi connectivity index (χ3n) is 2.75. The van der Waals surface area contributed by atoms with Crippen molar-refractivity contribution in [3.05, 3.63) is 68.3 Å². The molecule has 2 aromatic carbocycles. The monoisotopic (exact) mass is 385 g/mol. The quantitative estimate of drug-likeness (QED) is 0.725. The van der Waals surface area contributed by atoms with Gasteiger partial charge in [-0.2, -0.15) is 0 Å². The van der Waals surface area contributed by atoms with Crippen LogP contribution in [0.15, 0.2) is 48.5 Å². The van der Waals surface area contributed by atoms with Crippen molar-refractivity contribution >= 4 is 40.1 Å². The molecule has 0 aliphatic carbocycles. The van der Waals surface area contributed by atoms with Crippen molar-refractivity contribution in [2.45, 2.75) is 6.54 Å². The minimum absolute atomic E-state index is 0.0217. The lowest BCUT2D eigenvalue weighted by molar-refractivity contribution is 0.0785. The van der Waals surface area contributed by atoms with Gasteiger partial charge in [0.25, 0.3) is 5.91 Å². The number of nitrogens with zero attached hydrogens (tertiary/aromatic N) is 1. The Hall–Kier alpha value is -1.07. The van der Waals surface area contributed by atoms with Gasteiger partial charge in [0.1, 0.15) is 0 Å². The summed E-state index contributed by atoms with van der Waals surface area (Å²) >= 11 is 8.05. The van der Waals surface area contributed by atoms with E-state index in [1.165, 1.54) is 0 Å². The number of hydrogen-bond acceptors (Lipinski definition) is 1. The first-order valence-electron chi connectivity index (χ1n) is 5.82. The van der Waals surface area contributed by atoms with Crippen LogP contribution in [0.4, 0.5) is 0 Å². The van der Waals surface area contributed by atoms with Gasteiger partial charge in [-0.05, 0) is 58.5 Å². The van der Waals surface area contributed by atoms with Crippen LogP contribution in [0.3, 0.4) is 0 Å². The highest BCUT2D eigenvalue weighted by atomic mass is 127. The van der Waals surface area contributed by atoms with Crippen LogP contribution in [0.2, 0.25) is 5.02 Å². The van der Waals surface area contributed by atoms with Crippen molar-refractivity contribution in [2.75, 3.05) is 7.05 Å². The number of benzene rings is 2. The van der Waals surface area contributed by atoms with E-state index in [1.807, 2.05) is 48.5 Å². The molecule has 0 aliphatic heterocycles. The maximum absolute atomic E-state index is 12.3. The Morgan fingerprint density at radius 1 is 1.21 bits per heavy atom. The molecule has 0 saturated heterocycles. The van der Waals surface area contributed by atoms with E-state index in [0.717, 1.165) is 9.13 Å². The van der Waals surface area contributed by atoms with Gasteiger partial charge in [0.2, 0.25) is 0 Å². The lowest BCUT2D eigenvalue weighted by Crippen LogP contribution is -2.26. The van der Waals surface area contributed by atoms with Gasteiger partial charge < -0.3 is 4.90 Å². The highest BCUT2D eigenvalue weighted by molar-refractivity contribution is 14.1. The van der Waals surface area contributed by atoms with Crippen molar-refractivity contribution in [3.63, 3.8) is 0 Å². The molecule has 0 aromatic heterocycles. The Bertz CT molecular complexity index is 583. The molecule has 4 heteroatoms. The summed E-state index contributed by atoms with van der Waals surface area (Å²) in [6.07, 6.45) is 0. The molecule has 98 valence electrons. The third kappa shape index (κ3) is 3.94. The van der Waals surface area contributed by atoms with Crippen molar-refractivity contribution in [1.82, 2.24) is 4.90 Å². The zero-order chi connectivity index (χ0) is 13.8. The van der Waals surface area contributed by atoms with E-state index in [4.69, 9.17) is 11.6 Å². The smallest absolute Gasteiger partial charge is 0.253 e. The van der Waals surface area contributed by atoms with E-state index in [-0.39, 0.29) is 5.91 Å². The fourth-order valence-corrected chi connectivity index (χ4v) is 2.45. The second-order valence-corrected chi connectivity index (χ2v) is 5.98. The largest absolute Gasteiger partial charge is 0.337 e. The molecule has 0 unspecified atom stereocenters. The molecular formula is C15H13ClINO. The molecule has 19 heavy (non-hydrogen) atoms. The third-order valence-corrected chi connectivity index (χ3v) is 3.67. The summed E-state index contributed by atoms with van der Waals surface area (Å²) in [5.41, 5.74) is 1.77. The van der Waals surface area contributed by atoms with Crippen LogP contribution in [-0.2, 0) is 6.54 Å². The molecule has 0 aliphatic rings. The summed E-state index contributed by atoms with van der Waals surface area (Å²) in [5.74, 6) is 0.0217. The number of halogens is 2. The van der Waals surface area contributed by atoms with Gasteiger partial charge in [0, 0.05) is 27.7 Å². The van der Waals surface area contributed by atoms with Crippen molar-refractivity contribution in [3.8, 4) is 0 Å². The Morgan fingerprint density at radius 2 is 1.89 bits per heavy atom. The predicted octanol–water partition coefficient (Wildman–Crippen LogP) is 4.22. The molecule has 0 fully saturated rings. The normalized spacial score (nSPS) is 10.3. The molecule has 0 bridgehead atoms. The first-order chi connectivity index (χ1) is 9.06. The number of hydrogen-bond donors (Lipinski definition) is 0. The SMILES string of the molecule is CN(Cc1ccc(Cl)cc1)C(=O)c1cccc(I)c1. The van der Waals surface area contributed by atoms with E-state index >= 15 is 0 Å². The summed E-state index contributed by atoms with van der Waals surface area (Å²) in [6.45, 7) is 0.571. The zero-order valence-corrected chi connectivity index (χ0v) is 13.4. The van der Waals surface area contributed by atoms with Gasteiger partial charge >= 0.3 is 0 Å². The Morgan fingerprint density at radius 3 is 2.53 bits per heavy atom. The number of rotatable bonds is 3. The van der Waals surface area contributed by atoms with Gasteiger partial charge in [0.15, 0.2) is 0 Å². The highest BCUT2D eigenvalue weighted by Crippen LogP contribution is 2.14. The van der Waals surface area contributed by atoms with Gasteiger partial charge in [0.05, 0.1) is 0 Å². The lowest BCUT2D eigenvalue weighted by Gasteiger charge is -2.17. The Balaban J connectivity index is 2.09. The molecule has 2 aromatic rings. The molecule has 2 rings (SSSR count). The van der Waals surface area contributed by atoms with Gasteiger partial charge in [-0.15, -0.1) is 0 Å². The van der Waals surface area contributed by atoms with Crippen LogP contribution >= 0.6 is 34.2 Å². The first-order valence-corrected chi connectivity index (χ1v) is 7.27. The second-order valence-electron chi connectivity index (χ2n) is 4.30. The van der Waals surface area contributed by atoms with Crippen molar-refractivity contribution in [2.24, 2.45) is 0 Å². The topological polar surface area (TPSA) is 20.3 Å². The maximum Gasteiger partial charge on any atom is 0.253 e. The molecular weight excluding hydrogens is 373 g/mol. The van der Waals surface area contributed by atoms with Crippen LogP contribution in [0.25, 0.3) is 0 Å². The molecule has 0 atom stereocenters. The first kappa shape index (κ1) is 14.3. The molecule has 0 saturated carbocycles. The van der Waals surface area contributed by atoms with Crippen LogP contribution in [-0.4, -0.2) is 17.9 Å². The van der Waals surface area contributed by atoms with Crippen LogP contribution in [0.1, 0.15) is 15.9 Å². The Labute approximate surface area is 131 Å². The summed E-state index contributed by atoms with van der Waals surface area (Å²) in [7, 11) is 1.80.